The summed E-state index contributed by atoms with van der Waals surface area (Å²) in [5, 5.41) is 3.14. The minimum atomic E-state index is -0.137. The van der Waals surface area contributed by atoms with Crippen LogP contribution in [-0.4, -0.2) is 31.8 Å². The van der Waals surface area contributed by atoms with E-state index in [0.29, 0.717) is 36.2 Å². The molecule has 1 fully saturated rings. The highest BCUT2D eigenvalue weighted by atomic mass is 35.5. The van der Waals surface area contributed by atoms with Crippen LogP contribution < -0.4 is 11.1 Å². The first-order valence-corrected chi connectivity index (χ1v) is 6.07. The minimum absolute atomic E-state index is 0.137. The van der Waals surface area contributed by atoms with E-state index in [2.05, 4.69) is 5.32 Å². The van der Waals surface area contributed by atoms with Gasteiger partial charge in [-0.25, -0.2) is 0 Å². The van der Waals surface area contributed by atoms with Crippen molar-refractivity contribution in [3.63, 3.8) is 0 Å². The van der Waals surface area contributed by atoms with Crippen LogP contribution >= 0.6 is 11.6 Å². The number of carbonyl (C=O) groups is 1. The van der Waals surface area contributed by atoms with Crippen LogP contribution in [0.1, 0.15) is 6.42 Å². The van der Waals surface area contributed by atoms with E-state index in [0.717, 1.165) is 0 Å². The highest BCUT2D eigenvalue weighted by molar-refractivity contribution is 6.34. The Hall–Kier alpha value is -1.30. The number of benzene rings is 1. The molecule has 0 unspecified atom stereocenters. The van der Waals surface area contributed by atoms with Crippen molar-refractivity contribution < 1.29 is 14.3 Å². The van der Waals surface area contributed by atoms with Crippen LogP contribution in [0.2, 0.25) is 5.02 Å². The maximum Gasteiger partial charge on any atom is 0.226 e. The number of ether oxygens (including phenoxy) is 2. The Morgan fingerprint density at radius 2 is 2.33 bits per heavy atom. The Labute approximate surface area is 110 Å². The van der Waals surface area contributed by atoms with E-state index in [-0.39, 0.29) is 18.4 Å². The lowest BCUT2D eigenvalue weighted by Gasteiger charge is -2.25. The van der Waals surface area contributed by atoms with Gasteiger partial charge in [-0.3, -0.25) is 4.79 Å². The van der Waals surface area contributed by atoms with E-state index in [1.807, 2.05) is 0 Å². The average Bonchev–Trinajstić information content (AvgIpc) is 2.26. The lowest BCUT2D eigenvalue weighted by atomic mass is 10.2. The molecule has 1 aliphatic heterocycles. The number of anilines is 2. The fraction of sp³-hybridized carbons (Fsp3) is 0.417. The number of nitrogen functional groups attached to an aromatic ring is 1. The molecule has 5 nitrogen and oxygen atoms in total. The Kier molecular flexibility index (Phi) is 4.41. The van der Waals surface area contributed by atoms with Gasteiger partial charge >= 0.3 is 0 Å². The molecule has 1 heterocycles. The molecule has 1 aliphatic rings. The summed E-state index contributed by atoms with van der Waals surface area (Å²) in [5.41, 5.74) is 6.68. The molecule has 6 heteroatoms. The zero-order valence-corrected chi connectivity index (χ0v) is 10.6. The molecule has 1 aromatic carbocycles. The van der Waals surface area contributed by atoms with E-state index in [1.54, 1.807) is 18.2 Å². The molecule has 0 bridgehead atoms. The molecule has 1 saturated heterocycles. The number of carbonyl (C=O) groups excluding carboxylic acids is 1. The van der Waals surface area contributed by atoms with Gasteiger partial charge in [0.2, 0.25) is 5.91 Å². The molecule has 1 aromatic rings. The second kappa shape index (κ2) is 6.04. The second-order valence-corrected chi connectivity index (χ2v) is 4.47. The zero-order chi connectivity index (χ0) is 13.0. The van der Waals surface area contributed by atoms with Crippen molar-refractivity contribution in [1.82, 2.24) is 0 Å². The van der Waals surface area contributed by atoms with Crippen molar-refractivity contribution in [2.24, 2.45) is 0 Å². The molecule has 0 saturated carbocycles. The summed E-state index contributed by atoms with van der Waals surface area (Å²) in [6.45, 7) is 1.61. The number of nitrogens with two attached hydrogens (primary N) is 1. The van der Waals surface area contributed by atoms with Gasteiger partial charge in [-0.1, -0.05) is 11.6 Å². The van der Waals surface area contributed by atoms with E-state index in [9.17, 15) is 4.79 Å². The monoisotopic (exact) mass is 270 g/mol. The third-order valence-electron chi connectivity index (χ3n) is 2.56. The van der Waals surface area contributed by atoms with Gasteiger partial charge in [0.25, 0.3) is 0 Å². The summed E-state index contributed by atoms with van der Waals surface area (Å²) in [6.07, 6.45) is 0.426. The molecule has 0 radical (unpaired) electrons. The molecule has 98 valence electrons. The zero-order valence-electron chi connectivity index (χ0n) is 9.82. The highest BCUT2D eigenvalue weighted by Crippen LogP contribution is 2.24. The number of nitrogens with one attached hydrogen (secondary N) is 1. The summed E-state index contributed by atoms with van der Waals surface area (Å²) in [4.78, 5) is 11.6. The van der Waals surface area contributed by atoms with Crippen LogP contribution in [0, 0.1) is 0 Å². The van der Waals surface area contributed by atoms with Gasteiger partial charge in [0.15, 0.2) is 0 Å². The van der Waals surface area contributed by atoms with Crippen molar-refractivity contribution in [3.05, 3.63) is 23.2 Å². The quantitative estimate of drug-likeness (QED) is 0.798. The molecule has 0 aromatic heterocycles. The largest absolute Gasteiger partial charge is 0.399 e. The van der Waals surface area contributed by atoms with Crippen LogP contribution in [0.3, 0.4) is 0 Å². The summed E-state index contributed by atoms with van der Waals surface area (Å²) in [6, 6.07) is 4.96. The predicted molar refractivity (Wildman–Crippen MR) is 69.7 cm³/mol. The fourth-order valence-electron chi connectivity index (χ4n) is 1.47. The van der Waals surface area contributed by atoms with Gasteiger partial charge in [-0.2, -0.15) is 0 Å². The maximum atomic E-state index is 11.6. The first-order valence-electron chi connectivity index (χ1n) is 5.69. The second-order valence-electron chi connectivity index (χ2n) is 4.07. The molecular formula is C12H15ClN2O3. The smallest absolute Gasteiger partial charge is 0.226 e. The Morgan fingerprint density at radius 3 is 2.94 bits per heavy atom. The number of hydrogen-bond acceptors (Lipinski definition) is 4. The highest BCUT2D eigenvalue weighted by Gasteiger charge is 2.18. The normalized spacial score (nSPS) is 15.2. The third-order valence-corrected chi connectivity index (χ3v) is 2.87. The van der Waals surface area contributed by atoms with Crippen molar-refractivity contribution in [1.29, 1.82) is 0 Å². The number of amides is 1. The Morgan fingerprint density at radius 1 is 1.56 bits per heavy atom. The van der Waals surface area contributed by atoms with Gasteiger partial charge in [0, 0.05) is 5.69 Å². The Balaban J connectivity index is 1.75. The topological polar surface area (TPSA) is 73.6 Å². The van der Waals surface area contributed by atoms with Gasteiger partial charge in [0.1, 0.15) is 6.10 Å². The summed E-state index contributed by atoms with van der Waals surface area (Å²) < 4.78 is 10.4. The van der Waals surface area contributed by atoms with Gasteiger partial charge in [-0.05, 0) is 18.2 Å². The molecule has 1 amide bonds. The van der Waals surface area contributed by atoms with E-state index >= 15 is 0 Å². The van der Waals surface area contributed by atoms with Crippen LogP contribution in [0.25, 0.3) is 0 Å². The SMILES string of the molecule is Nc1ccc(NC(=O)CCOC2COC2)c(Cl)c1. The van der Waals surface area contributed by atoms with Gasteiger partial charge in [-0.15, -0.1) is 0 Å². The number of rotatable bonds is 5. The first kappa shape index (κ1) is 13.1. The lowest BCUT2D eigenvalue weighted by Crippen LogP contribution is -2.36. The molecule has 2 rings (SSSR count). The van der Waals surface area contributed by atoms with Crippen molar-refractivity contribution in [2.75, 3.05) is 30.9 Å². The van der Waals surface area contributed by atoms with Crippen LogP contribution in [0.4, 0.5) is 11.4 Å². The third kappa shape index (κ3) is 3.60. The standard InChI is InChI=1S/C12H15ClN2O3/c13-10-5-8(14)1-2-11(10)15-12(16)3-4-18-9-6-17-7-9/h1-2,5,9H,3-4,6-7,14H2,(H,15,16). The first-order chi connectivity index (χ1) is 8.65. The molecular weight excluding hydrogens is 256 g/mol. The van der Waals surface area contributed by atoms with Crippen LogP contribution in [0.15, 0.2) is 18.2 Å². The van der Waals surface area contributed by atoms with Crippen molar-refractivity contribution in [2.45, 2.75) is 12.5 Å². The molecule has 18 heavy (non-hydrogen) atoms. The summed E-state index contributed by atoms with van der Waals surface area (Å²) >= 11 is 5.95. The van der Waals surface area contributed by atoms with E-state index in [4.69, 9.17) is 26.8 Å². The summed E-state index contributed by atoms with van der Waals surface area (Å²) in [5.74, 6) is -0.137. The molecule has 3 N–H and O–H groups in total. The fourth-order valence-corrected chi connectivity index (χ4v) is 1.71. The lowest BCUT2D eigenvalue weighted by molar-refractivity contribution is -0.135. The predicted octanol–water partition coefficient (Wildman–Crippen LogP) is 1.67. The molecule has 0 atom stereocenters. The van der Waals surface area contributed by atoms with Crippen molar-refractivity contribution >= 4 is 28.9 Å². The Bertz CT molecular complexity index is 435. The molecule has 0 spiro atoms. The summed E-state index contributed by atoms with van der Waals surface area (Å²) in [7, 11) is 0. The number of halogens is 1. The average molecular weight is 271 g/mol. The van der Waals surface area contributed by atoms with E-state index in [1.165, 1.54) is 0 Å². The number of hydrogen-bond donors (Lipinski definition) is 2. The van der Waals surface area contributed by atoms with Crippen LogP contribution in [-0.2, 0) is 14.3 Å². The van der Waals surface area contributed by atoms with Gasteiger partial charge in [0.05, 0.1) is 37.0 Å². The van der Waals surface area contributed by atoms with Gasteiger partial charge < -0.3 is 20.5 Å². The van der Waals surface area contributed by atoms with Crippen LogP contribution in [0.5, 0.6) is 0 Å². The minimum Gasteiger partial charge on any atom is -0.399 e. The molecule has 0 aliphatic carbocycles. The van der Waals surface area contributed by atoms with E-state index < -0.39 is 0 Å². The maximum absolute atomic E-state index is 11.6. The van der Waals surface area contributed by atoms with Crippen molar-refractivity contribution in [3.8, 4) is 0 Å².